The Morgan fingerprint density at radius 2 is 1.28 bits per heavy atom. The average Bonchev–Trinajstić information content (AvgIpc) is 3.23. The molecular weight excluding hydrogens is 482 g/mol. The lowest BCUT2D eigenvalue weighted by Crippen LogP contribution is -2.53. The average molecular weight is 520 g/mol. The molecule has 0 saturated carbocycles. The molecule has 0 radical (unpaired) electrons. The maximum atomic E-state index is 13.7. The molecule has 5 rings (SSSR count). The van der Waals surface area contributed by atoms with Gasteiger partial charge in [0.15, 0.2) is 0 Å². The van der Waals surface area contributed by atoms with Gasteiger partial charge in [-0.15, -0.1) is 0 Å². The van der Waals surface area contributed by atoms with Crippen molar-refractivity contribution in [2.45, 2.75) is 63.3 Å². The lowest BCUT2D eigenvalue weighted by Gasteiger charge is -2.38. The molecule has 1 aliphatic rings. The van der Waals surface area contributed by atoms with Gasteiger partial charge in [-0.05, 0) is 73.4 Å². The van der Waals surface area contributed by atoms with E-state index in [-0.39, 0.29) is 5.97 Å². The molecule has 0 amide bonds. The third-order valence-electron chi connectivity index (χ3n) is 7.40. The molecule has 4 nitrogen and oxygen atoms in total. The van der Waals surface area contributed by atoms with E-state index in [0.717, 1.165) is 33.4 Å². The molecule has 2 atom stereocenters. The summed E-state index contributed by atoms with van der Waals surface area (Å²) in [6.07, 6.45) is 1.15. The Hall–Kier alpha value is -3.73. The van der Waals surface area contributed by atoms with Crippen LogP contribution < -0.4 is 5.32 Å². The standard InChI is InChI=1S/C35H37NO3/c1-34(2,3)39-33(38)31(23-14-24-32(37)25-15-6-4-7-16-25)36-35(26-17-8-5-9-18-26)29-21-12-10-19-27(29)28-20-11-13-22-30(28)35/h4-13,15-22,31-32,36-37H,14,23-24H2,1-3H3/t31-,32?/m0/s1. The zero-order valence-electron chi connectivity index (χ0n) is 22.9. The van der Waals surface area contributed by atoms with Gasteiger partial charge in [0.2, 0.25) is 0 Å². The van der Waals surface area contributed by atoms with E-state index in [9.17, 15) is 9.90 Å². The Labute approximate surface area is 231 Å². The smallest absolute Gasteiger partial charge is 0.323 e. The van der Waals surface area contributed by atoms with E-state index in [1.165, 1.54) is 0 Å². The normalized spacial score (nSPS) is 15.2. The fourth-order valence-corrected chi connectivity index (χ4v) is 5.71. The minimum Gasteiger partial charge on any atom is -0.459 e. The van der Waals surface area contributed by atoms with E-state index in [1.54, 1.807) is 0 Å². The van der Waals surface area contributed by atoms with Gasteiger partial charge < -0.3 is 9.84 Å². The molecule has 0 aromatic heterocycles. The van der Waals surface area contributed by atoms with Crippen molar-refractivity contribution in [1.29, 1.82) is 0 Å². The maximum Gasteiger partial charge on any atom is 0.323 e. The van der Waals surface area contributed by atoms with Gasteiger partial charge in [-0.3, -0.25) is 10.1 Å². The highest BCUT2D eigenvalue weighted by Crippen LogP contribution is 2.51. The van der Waals surface area contributed by atoms with Crippen molar-refractivity contribution in [2.24, 2.45) is 0 Å². The molecule has 0 saturated heterocycles. The van der Waals surface area contributed by atoms with E-state index in [0.29, 0.717) is 19.3 Å². The van der Waals surface area contributed by atoms with Crippen LogP contribution in [0.25, 0.3) is 11.1 Å². The second-order valence-electron chi connectivity index (χ2n) is 11.3. The van der Waals surface area contributed by atoms with Crippen molar-refractivity contribution in [2.75, 3.05) is 0 Å². The SMILES string of the molecule is CC(C)(C)OC(=O)[C@H](CCCC(O)c1ccccc1)NC1(c2ccccc2)c2ccccc2-c2ccccc21. The number of aliphatic hydroxyl groups excluding tert-OH is 1. The number of carbonyl (C=O) groups is 1. The monoisotopic (exact) mass is 519 g/mol. The lowest BCUT2D eigenvalue weighted by atomic mass is 9.79. The van der Waals surface area contributed by atoms with Crippen molar-refractivity contribution in [3.8, 4) is 11.1 Å². The molecule has 1 aliphatic carbocycles. The predicted octanol–water partition coefficient (Wildman–Crippen LogP) is 7.16. The van der Waals surface area contributed by atoms with Crippen LogP contribution in [0.2, 0.25) is 0 Å². The van der Waals surface area contributed by atoms with Gasteiger partial charge in [-0.2, -0.15) is 0 Å². The van der Waals surface area contributed by atoms with E-state index < -0.39 is 23.3 Å². The van der Waals surface area contributed by atoms with Gasteiger partial charge in [0.1, 0.15) is 11.6 Å². The quantitative estimate of drug-likeness (QED) is 0.230. The first kappa shape index (κ1) is 26.9. The molecule has 0 aliphatic heterocycles. The number of benzene rings is 4. The molecule has 200 valence electrons. The van der Waals surface area contributed by atoms with Crippen molar-refractivity contribution in [3.63, 3.8) is 0 Å². The van der Waals surface area contributed by atoms with Gasteiger partial charge in [0, 0.05) is 0 Å². The summed E-state index contributed by atoms with van der Waals surface area (Å²) in [5.74, 6) is -0.283. The van der Waals surface area contributed by atoms with Gasteiger partial charge in [-0.1, -0.05) is 109 Å². The van der Waals surface area contributed by atoms with Gasteiger partial charge >= 0.3 is 5.97 Å². The molecule has 2 N–H and O–H groups in total. The van der Waals surface area contributed by atoms with E-state index in [2.05, 4.69) is 66.0 Å². The van der Waals surface area contributed by atoms with Crippen LogP contribution in [0.1, 0.15) is 68.4 Å². The molecule has 0 bridgehead atoms. The van der Waals surface area contributed by atoms with Crippen LogP contribution in [-0.4, -0.2) is 22.7 Å². The fraction of sp³-hybridized carbons (Fsp3) is 0.286. The Kier molecular flexibility index (Phi) is 7.69. The van der Waals surface area contributed by atoms with Gasteiger partial charge in [-0.25, -0.2) is 0 Å². The van der Waals surface area contributed by atoms with Gasteiger partial charge in [0.05, 0.1) is 11.6 Å². The summed E-state index contributed by atoms with van der Waals surface area (Å²) in [4.78, 5) is 13.7. The van der Waals surface area contributed by atoms with Crippen LogP contribution in [0.5, 0.6) is 0 Å². The highest BCUT2D eigenvalue weighted by atomic mass is 16.6. The maximum absolute atomic E-state index is 13.7. The van der Waals surface area contributed by atoms with Crippen LogP contribution in [0, 0.1) is 0 Å². The van der Waals surface area contributed by atoms with Crippen LogP contribution in [-0.2, 0) is 15.1 Å². The molecule has 39 heavy (non-hydrogen) atoms. The number of hydrogen-bond acceptors (Lipinski definition) is 4. The predicted molar refractivity (Wildman–Crippen MR) is 156 cm³/mol. The van der Waals surface area contributed by atoms with Crippen LogP contribution >= 0.6 is 0 Å². The largest absolute Gasteiger partial charge is 0.459 e. The molecule has 1 unspecified atom stereocenters. The summed E-state index contributed by atoms with van der Waals surface area (Å²) < 4.78 is 5.95. The van der Waals surface area contributed by atoms with Crippen molar-refractivity contribution >= 4 is 5.97 Å². The summed E-state index contributed by atoms with van der Waals surface area (Å²) in [5.41, 5.74) is 5.17. The van der Waals surface area contributed by atoms with E-state index in [4.69, 9.17) is 4.74 Å². The summed E-state index contributed by atoms with van der Waals surface area (Å²) in [7, 11) is 0. The molecule has 4 aromatic carbocycles. The topological polar surface area (TPSA) is 58.6 Å². The highest BCUT2D eigenvalue weighted by molar-refractivity contribution is 5.84. The number of hydrogen-bond donors (Lipinski definition) is 2. The summed E-state index contributed by atoms with van der Waals surface area (Å²) >= 11 is 0. The number of esters is 1. The number of rotatable bonds is 9. The van der Waals surface area contributed by atoms with E-state index >= 15 is 0 Å². The summed E-state index contributed by atoms with van der Waals surface area (Å²) in [6, 6.07) is 36.3. The second-order valence-corrected chi connectivity index (χ2v) is 11.3. The molecular formula is C35H37NO3. The van der Waals surface area contributed by atoms with Gasteiger partial charge in [0.25, 0.3) is 0 Å². The second kappa shape index (κ2) is 11.2. The minimum absolute atomic E-state index is 0.283. The molecule has 4 heteroatoms. The van der Waals surface area contributed by atoms with Crippen molar-refractivity contribution < 1.29 is 14.6 Å². The lowest BCUT2D eigenvalue weighted by molar-refractivity contribution is -0.158. The first-order chi connectivity index (χ1) is 18.8. The van der Waals surface area contributed by atoms with E-state index in [1.807, 2.05) is 69.3 Å². The number of nitrogens with one attached hydrogen (secondary N) is 1. The highest BCUT2D eigenvalue weighted by Gasteiger charge is 2.47. The molecule has 4 aromatic rings. The number of aliphatic hydroxyl groups is 1. The van der Waals surface area contributed by atoms with Crippen LogP contribution in [0.15, 0.2) is 109 Å². The molecule has 0 heterocycles. The first-order valence-corrected chi connectivity index (χ1v) is 13.8. The summed E-state index contributed by atoms with van der Waals surface area (Å²) in [5, 5.41) is 14.6. The zero-order valence-corrected chi connectivity index (χ0v) is 22.9. The summed E-state index contributed by atoms with van der Waals surface area (Å²) in [6.45, 7) is 5.69. The Bertz CT molecular complexity index is 1360. The van der Waals surface area contributed by atoms with Crippen molar-refractivity contribution in [1.82, 2.24) is 5.32 Å². The van der Waals surface area contributed by atoms with Crippen LogP contribution in [0.4, 0.5) is 0 Å². The Morgan fingerprint density at radius 1 is 0.769 bits per heavy atom. The fourth-order valence-electron chi connectivity index (χ4n) is 5.71. The molecule has 0 spiro atoms. The first-order valence-electron chi connectivity index (χ1n) is 13.8. The Balaban J connectivity index is 1.54. The van der Waals surface area contributed by atoms with Crippen molar-refractivity contribution in [3.05, 3.63) is 131 Å². The third kappa shape index (κ3) is 5.54. The number of carbonyl (C=O) groups excluding carboxylic acids is 1. The Morgan fingerprint density at radius 3 is 1.85 bits per heavy atom. The van der Waals surface area contributed by atoms with Crippen LogP contribution in [0.3, 0.4) is 0 Å². The number of fused-ring (bicyclic) bond motifs is 3. The molecule has 0 fully saturated rings. The zero-order chi connectivity index (χ0) is 27.5. The number of ether oxygens (including phenoxy) is 1. The third-order valence-corrected chi connectivity index (χ3v) is 7.40. The minimum atomic E-state index is -0.728.